The minimum atomic E-state index is -0.212. The SMILES string of the molecule is Cc1cccnc1CCNC(=O)[C@H]1CC(=O)N(CC(C)C)C1. The molecule has 1 fully saturated rings. The standard InChI is InChI=1S/C17H25N3O2/c1-12(2)10-20-11-14(9-16(20)21)17(22)19-8-6-15-13(3)5-4-7-18-15/h4-5,7,12,14H,6,8-11H2,1-3H3,(H,19,22)/t14-/m0/s1. The van der Waals surface area contributed by atoms with Gasteiger partial charge in [0.05, 0.1) is 5.92 Å². The summed E-state index contributed by atoms with van der Waals surface area (Å²) in [5, 5.41) is 2.94. The number of carbonyl (C=O) groups is 2. The first-order valence-corrected chi connectivity index (χ1v) is 7.93. The maximum atomic E-state index is 12.2. The van der Waals surface area contributed by atoms with Crippen LogP contribution in [0.1, 0.15) is 31.5 Å². The van der Waals surface area contributed by atoms with Gasteiger partial charge in [0.2, 0.25) is 11.8 Å². The van der Waals surface area contributed by atoms with E-state index in [0.29, 0.717) is 25.4 Å². The Labute approximate surface area is 132 Å². The van der Waals surface area contributed by atoms with Crippen molar-refractivity contribution in [2.24, 2.45) is 11.8 Å². The van der Waals surface area contributed by atoms with Crippen molar-refractivity contribution < 1.29 is 9.59 Å². The van der Waals surface area contributed by atoms with Crippen LogP contribution in [0, 0.1) is 18.8 Å². The summed E-state index contributed by atoms with van der Waals surface area (Å²) in [6.07, 6.45) is 2.82. The summed E-state index contributed by atoms with van der Waals surface area (Å²) in [5.74, 6) is 0.289. The molecule has 0 aliphatic carbocycles. The fourth-order valence-electron chi connectivity index (χ4n) is 2.79. The number of carbonyl (C=O) groups excluding carboxylic acids is 2. The Morgan fingerprint density at radius 1 is 1.50 bits per heavy atom. The lowest BCUT2D eigenvalue weighted by Gasteiger charge is -2.18. The van der Waals surface area contributed by atoms with E-state index in [1.807, 2.05) is 19.1 Å². The Hall–Kier alpha value is -1.91. The van der Waals surface area contributed by atoms with E-state index in [0.717, 1.165) is 24.2 Å². The Kier molecular flexibility index (Phi) is 5.52. The zero-order valence-electron chi connectivity index (χ0n) is 13.6. The molecule has 2 amide bonds. The van der Waals surface area contributed by atoms with E-state index < -0.39 is 0 Å². The van der Waals surface area contributed by atoms with Gasteiger partial charge < -0.3 is 10.2 Å². The molecule has 1 aliphatic rings. The topological polar surface area (TPSA) is 62.3 Å². The summed E-state index contributed by atoms with van der Waals surface area (Å²) < 4.78 is 0. The molecule has 0 bridgehead atoms. The summed E-state index contributed by atoms with van der Waals surface area (Å²) in [7, 11) is 0. The molecule has 5 nitrogen and oxygen atoms in total. The summed E-state index contributed by atoms with van der Waals surface area (Å²) in [6, 6.07) is 3.93. The Balaban J connectivity index is 1.79. The van der Waals surface area contributed by atoms with Crippen LogP contribution in [0.4, 0.5) is 0 Å². The molecule has 0 radical (unpaired) electrons. The maximum absolute atomic E-state index is 12.2. The van der Waals surface area contributed by atoms with Gasteiger partial charge in [-0.05, 0) is 24.5 Å². The summed E-state index contributed by atoms with van der Waals surface area (Å²) in [4.78, 5) is 30.2. The van der Waals surface area contributed by atoms with E-state index in [1.54, 1.807) is 11.1 Å². The molecule has 0 unspecified atom stereocenters. The number of hydrogen-bond donors (Lipinski definition) is 1. The van der Waals surface area contributed by atoms with Gasteiger partial charge in [-0.1, -0.05) is 19.9 Å². The second-order valence-electron chi connectivity index (χ2n) is 6.40. The average molecular weight is 303 g/mol. The molecule has 0 saturated carbocycles. The normalized spacial score (nSPS) is 18.1. The number of amides is 2. The summed E-state index contributed by atoms with van der Waals surface area (Å²) >= 11 is 0. The molecule has 0 spiro atoms. The number of rotatable bonds is 6. The van der Waals surface area contributed by atoms with Crippen LogP contribution in [0.5, 0.6) is 0 Å². The van der Waals surface area contributed by atoms with Crippen LogP contribution in [0.25, 0.3) is 0 Å². The quantitative estimate of drug-likeness (QED) is 0.867. The van der Waals surface area contributed by atoms with E-state index in [9.17, 15) is 9.59 Å². The zero-order chi connectivity index (χ0) is 16.1. The van der Waals surface area contributed by atoms with Gasteiger partial charge in [-0.2, -0.15) is 0 Å². The van der Waals surface area contributed by atoms with Gasteiger partial charge in [0.1, 0.15) is 0 Å². The second-order valence-corrected chi connectivity index (χ2v) is 6.40. The number of aromatic nitrogens is 1. The van der Waals surface area contributed by atoms with E-state index in [-0.39, 0.29) is 17.7 Å². The van der Waals surface area contributed by atoms with Crippen molar-refractivity contribution in [3.63, 3.8) is 0 Å². The Bertz CT molecular complexity index is 542. The predicted molar refractivity (Wildman–Crippen MR) is 85.2 cm³/mol. The van der Waals surface area contributed by atoms with Crippen molar-refractivity contribution in [2.45, 2.75) is 33.6 Å². The smallest absolute Gasteiger partial charge is 0.225 e. The van der Waals surface area contributed by atoms with Gasteiger partial charge in [0, 0.05) is 44.4 Å². The van der Waals surface area contributed by atoms with Crippen LogP contribution >= 0.6 is 0 Å². The van der Waals surface area contributed by atoms with Gasteiger partial charge in [-0.3, -0.25) is 14.6 Å². The minimum absolute atomic E-state index is 0.0202. The number of likely N-dealkylation sites (tertiary alicyclic amines) is 1. The Morgan fingerprint density at radius 2 is 2.27 bits per heavy atom. The van der Waals surface area contributed by atoms with Crippen LogP contribution in [-0.4, -0.2) is 41.3 Å². The highest BCUT2D eigenvalue weighted by Crippen LogP contribution is 2.19. The number of pyridine rings is 1. The van der Waals surface area contributed by atoms with E-state index in [2.05, 4.69) is 24.1 Å². The van der Waals surface area contributed by atoms with Crippen molar-refractivity contribution in [3.05, 3.63) is 29.6 Å². The minimum Gasteiger partial charge on any atom is -0.355 e. The van der Waals surface area contributed by atoms with Crippen molar-refractivity contribution in [1.82, 2.24) is 15.2 Å². The Morgan fingerprint density at radius 3 is 2.95 bits per heavy atom. The lowest BCUT2D eigenvalue weighted by atomic mass is 10.1. The molecule has 22 heavy (non-hydrogen) atoms. The highest BCUT2D eigenvalue weighted by Gasteiger charge is 2.34. The molecule has 0 aromatic carbocycles. The third-order valence-electron chi connectivity index (χ3n) is 3.95. The van der Waals surface area contributed by atoms with Crippen molar-refractivity contribution in [3.8, 4) is 0 Å². The van der Waals surface area contributed by atoms with Crippen LogP contribution in [0.15, 0.2) is 18.3 Å². The molecular formula is C17H25N3O2. The average Bonchev–Trinajstić information content (AvgIpc) is 2.81. The summed E-state index contributed by atoms with van der Waals surface area (Å²) in [5.41, 5.74) is 2.14. The zero-order valence-corrected chi connectivity index (χ0v) is 13.6. The van der Waals surface area contributed by atoms with Gasteiger partial charge >= 0.3 is 0 Å². The van der Waals surface area contributed by atoms with Gasteiger partial charge in [-0.25, -0.2) is 0 Å². The fraction of sp³-hybridized carbons (Fsp3) is 0.588. The van der Waals surface area contributed by atoms with Gasteiger partial charge in [-0.15, -0.1) is 0 Å². The first-order valence-electron chi connectivity index (χ1n) is 7.93. The first kappa shape index (κ1) is 16.5. The monoisotopic (exact) mass is 303 g/mol. The molecule has 1 atom stereocenters. The predicted octanol–water partition coefficient (Wildman–Crippen LogP) is 1.55. The molecule has 1 N–H and O–H groups in total. The van der Waals surface area contributed by atoms with Crippen molar-refractivity contribution in [1.29, 1.82) is 0 Å². The maximum Gasteiger partial charge on any atom is 0.225 e. The van der Waals surface area contributed by atoms with E-state index >= 15 is 0 Å². The summed E-state index contributed by atoms with van der Waals surface area (Å²) in [6.45, 7) is 8.02. The molecule has 1 aliphatic heterocycles. The third kappa shape index (κ3) is 4.29. The highest BCUT2D eigenvalue weighted by atomic mass is 16.2. The number of nitrogens with zero attached hydrogens (tertiary/aromatic N) is 2. The fourth-order valence-corrected chi connectivity index (χ4v) is 2.79. The van der Waals surface area contributed by atoms with Crippen LogP contribution in [0.3, 0.4) is 0 Å². The molecular weight excluding hydrogens is 278 g/mol. The highest BCUT2D eigenvalue weighted by molar-refractivity contribution is 5.89. The molecule has 5 heteroatoms. The van der Waals surface area contributed by atoms with Gasteiger partial charge in [0.15, 0.2) is 0 Å². The van der Waals surface area contributed by atoms with E-state index in [4.69, 9.17) is 0 Å². The molecule has 2 heterocycles. The molecule has 120 valence electrons. The molecule has 1 aromatic heterocycles. The number of nitrogens with one attached hydrogen (secondary N) is 1. The van der Waals surface area contributed by atoms with Crippen molar-refractivity contribution >= 4 is 11.8 Å². The number of aryl methyl sites for hydroxylation is 1. The largest absolute Gasteiger partial charge is 0.355 e. The molecule has 1 saturated heterocycles. The second kappa shape index (κ2) is 7.38. The van der Waals surface area contributed by atoms with Crippen LogP contribution in [-0.2, 0) is 16.0 Å². The van der Waals surface area contributed by atoms with Crippen LogP contribution < -0.4 is 5.32 Å². The van der Waals surface area contributed by atoms with Crippen LogP contribution in [0.2, 0.25) is 0 Å². The van der Waals surface area contributed by atoms with E-state index in [1.165, 1.54) is 0 Å². The van der Waals surface area contributed by atoms with Crippen molar-refractivity contribution in [2.75, 3.05) is 19.6 Å². The van der Waals surface area contributed by atoms with Gasteiger partial charge in [0.25, 0.3) is 0 Å². The lowest BCUT2D eigenvalue weighted by molar-refractivity contribution is -0.129. The lowest BCUT2D eigenvalue weighted by Crippen LogP contribution is -2.35. The third-order valence-corrected chi connectivity index (χ3v) is 3.95. The molecule has 1 aromatic rings. The molecule has 2 rings (SSSR count). The number of hydrogen-bond acceptors (Lipinski definition) is 3. The first-order chi connectivity index (χ1) is 10.5.